The van der Waals surface area contributed by atoms with E-state index in [1.807, 2.05) is 44.2 Å². The van der Waals surface area contributed by atoms with E-state index in [2.05, 4.69) is 15.5 Å². The fraction of sp³-hybridized carbons (Fsp3) is 0.174. The smallest absolute Gasteiger partial charge is 0.324 e. The van der Waals surface area contributed by atoms with Gasteiger partial charge >= 0.3 is 6.18 Å². The molecule has 0 atom stereocenters. The third kappa shape index (κ3) is 5.76. The number of alkyl halides is 3. The van der Waals surface area contributed by atoms with Crippen molar-refractivity contribution in [1.29, 1.82) is 0 Å². The maximum Gasteiger partial charge on any atom is 0.416 e. The summed E-state index contributed by atoms with van der Waals surface area (Å²) < 4.78 is 38.6. The summed E-state index contributed by atoms with van der Waals surface area (Å²) in [7, 11) is 0. The number of anilines is 1. The quantitative estimate of drug-likeness (QED) is 0.455. The Kier molecular flexibility index (Phi) is 6.30. The van der Waals surface area contributed by atoms with Crippen LogP contribution in [0.1, 0.15) is 22.3 Å². The standard InChI is InChI=1S/C23H20F3N3O/c1-15-6-9-19(10-7-15)28-29-21-12-16(2)8-11-20(21)27-22(30)14-17-4-3-5-18(13-17)23(24,25)26/h3-13H,14H2,1-2H3,(H,27,30). The van der Waals surface area contributed by atoms with E-state index in [9.17, 15) is 18.0 Å². The number of carbonyl (C=O) groups excluding carboxylic acids is 1. The van der Waals surface area contributed by atoms with Crippen molar-refractivity contribution in [1.82, 2.24) is 0 Å². The number of azo groups is 1. The van der Waals surface area contributed by atoms with Gasteiger partial charge in [0.05, 0.1) is 23.4 Å². The summed E-state index contributed by atoms with van der Waals surface area (Å²) in [5, 5.41) is 11.1. The number of hydrogen-bond acceptors (Lipinski definition) is 3. The molecular formula is C23H20F3N3O. The average Bonchev–Trinajstić information content (AvgIpc) is 2.69. The highest BCUT2D eigenvalue weighted by atomic mass is 19.4. The molecule has 0 radical (unpaired) electrons. The monoisotopic (exact) mass is 411 g/mol. The van der Waals surface area contributed by atoms with E-state index in [1.54, 1.807) is 12.1 Å². The Morgan fingerprint density at radius 1 is 0.900 bits per heavy atom. The van der Waals surface area contributed by atoms with Gasteiger partial charge < -0.3 is 5.32 Å². The molecule has 0 heterocycles. The molecule has 0 spiro atoms. The number of carbonyl (C=O) groups is 1. The van der Waals surface area contributed by atoms with Crippen molar-refractivity contribution >= 4 is 23.0 Å². The van der Waals surface area contributed by atoms with Crippen LogP contribution in [0, 0.1) is 13.8 Å². The Morgan fingerprint density at radius 2 is 1.60 bits per heavy atom. The van der Waals surface area contributed by atoms with Crippen molar-refractivity contribution in [2.24, 2.45) is 10.2 Å². The van der Waals surface area contributed by atoms with Crippen LogP contribution in [0.25, 0.3) is 0 Å². The Bertz CT molecular complexity index is 1070. The van der Waals surface area contributed by atoms with E-state index in [-0.39, 0.29) is 12.0 Å². The van der Waals surface area contributed by atoms with Crippen LogP contribution in [0.15, 0.2) is 77.0 Å². The van der Waals surface area contributed by atoms with Gasteiger partial charge in [-0.05, 0) is 55.3 Å². The number of amides is 1. The minimum atomic E-state index is -4.45. The second kappa shape index (κ2) is 8.90. The molecule has 7 heteroatoms. The highest BCUT2D eigenvalue weighted by molar-refractivity contribution is 5.95. The van der Waals surface area contributed by atoms with Crippen molar-refractivity contribution < 1.29 is 18.0 Å². The molecule has 0 unspecified atom stereocenters. The van der Waals surface area contributed by atoms with Crippen LogP contribution in [0.5, 0.6) is 0 Å². The lowest BCUT2D eigenvalue weighted by Gasteiger charge is -2.10. The van der Waals surface area contributed by atoms with Crippen molar-refractivity contribution in [3.63, 3.8) is 0 Å². The van der Waals surface area contributed by atoms with Crippen LogP contribution in [-0.4, -0.2) is 5.91 Å². The first-order valence-electron chi connectivity index (χ1n) is 9.26. The van der Waals surface area contributed by atoms with Crippen molar-refractivity contribution in [3.05, 3.63) is 89.0 Å². The van der Waals surface area contributed by atoms with Gasteiger partial charge in [-0.2, -0.15) is 18.3 Å². The lowest BCUT2D eigenvalue weighted by molar-refractivity contribution is -0.137. The van der Waals surface area contributed by atoms with Crippen LogP contribution >= 0.6 is 0 Å². The third-order valence-electron chi connectivity index (χ3n) is 4.35. The Balaban J connectivity index is 1.76. The molecule has 0 saturated heterocycles. The third-order valence-corrected chi connectivity index (χ3v) is 4.35. The van der Waals surface area contributed by atoms with Gasteiger partial charge in [0.1, 0.15) is 5.69 Å². The maximum absolute atomic E-state index is 12.9. The van der Waals surface area contributed by atoms with Gasteiger partial charge in [-0.1, -0.05) is 42.0 Å². The second-order valence-corrected chi connectivity index (χ2v) is 6.98. The van der Waals surface area contributed by atoms with E-state index in [0.717, 1.165) is 23.3 Å². The van der Waals surface area contributed by atoms with Gasteiger partial charge in [-0.25, -0.2) is 0 Å². The zero-order valence-corrected chi connectivity index (χ0v) is 16.5. The highest BCUT2D eigenvalue weighted by Gasteiger charge is 2.30. The van der Waals surface area contributed by atoms with Gasteiger partial charge in [0, 0.05) is 0 Å². The van der Waals surface area contributed by atoms with Crippen LogP contribution in [0.3, 0.4) is 0 Å². The number of halogens is 3. The summed E-state index contributed by atoms with van der Waals surface area (Å²) in [5.41, 5.74) is 3.11. The fourth-order valence-corrected chi connectivity index (χ4v) is 2.79. The highest BCUT2D eigenvalue weighted by Crippen LogP contribution is 2.30. The lowest BCUT2D eigenvalue weighted by Crippen LogP contribution is -2.15. The minimum absolute atomic E-state index is 0.188. The maximum atomic E-state index is 12.9. The number of aryl methyl sites for hydroxylation is 2. The summed E-state index contributed by atoms with van der Waals surface area (Å²) in [4.78, 5) is 12.4. The molecule has 0 bridgehead atoms. The largest absolute Gasteiger partial charge is 0.416 e. The normalized spacial score (nSPS) is 11.6. The molecule has 3 aromatic rings. The van der Waals surface area contributed by atoms with Gasteiger partial charge in [0.15, 0.2) is 0 Å². The molecule has 3 aromatic carbocycles. The number of hydrogen-bond donors (Lipinski definition) is 1. The average molecular weight is 411 g/mol. The van der Waals surface area contributed by atoms with Crippen LogP contribution in [0.2, 0.25) is 0 Å². The molecule has 0 aliphatic heterocycles. The molecule has 0 aliphatic rings. The summed E-state index contributed by atoms with van der Waals surface area (Å²) in [6, 6.07) is 17.5. The van der Waals surface area contributed by atoms with Gasteiger partial charge in [0.25, 0.3) is 0 Å². The first kappa shape index (κ1) is 21.2. The molecule has 1 amide bonds. The zero-order chi connectivity index (χ0) is 21.7. The number of nitrogens with one attached hydrogen (secondary N) is 1. The molecule has 0 aromatic heterocycles. The van der Waals surface area contributed by atoms with E-state index in [4.69, 9.17) is 0 Å². The second-order valence-electron chi connectivity index (χ2n) is 6.98. The number of rotatable bonds is 5. The minimum Gasteiger partial charge on any atom is -0.324 e. The molecule has 0 saturated carbocycles. The first-order valence-corrected chi connectivity index (χ1v) is 9.26. The molecular weight excluding hydrogens is 391 g/mol. The molecule has 3 rings (SSSR count). The predicted octanol–water partition coefficient (Wildman–Crippen LogP) is 6.92. The molecule has 154 valence electrons. The van der Waals surface area contributed by atoms with Crippen molar-refractivity contribution in [2.45, 2.75) is 26.4 Å². The summed E-state index contributed by atoms with van der Waals surface area (Å²) >= 11 is 0. The summed E-state index contributed by atoms with van der Waals surface area (Å²) in [6.45, 7) is 3.86. The van der Waals surface area contributed by atoms with E-state index in [0.29, 0.717) is 17.1 Å². The number of nitrogens with zero attached hydrogens (tertiary/aromatic N) is 2. The predicted molar refractivity (Wildman–Crippen MR) is 110 cm³/mol. The summed E-state index contributed by atoms with van der Waals surface area (Å²) in [5.74, 6) is -0.440. The number of benzene rings is 3. The molecule has 4 nitrogen and oxygen atoms in total. The molecule has 30 heavy (non-hydrogen) atoms. The summed E-state index contributed by atoms with van der Waals surface area (Å²) in [6.07, 6.45) is -4.64. The topological polar surface area (TPSA) is 53.8 Å². The molecule has 1 N–H and O–H groups in total. The zero-order valence-electron chi connectivity index (χ0n) is 16.5. The van der Waals surface area contributed by atoms with Crippen molar-refractivity contribution in [2.75, 3.05) is 5.32 Å². The van der Waals surface area contributed by atoms with Gasteiger partial charge in [0.2, 0.25) is 5.91 Å². The Hall–Kier alpha value is -3.48. The first-order chi connectivity index (χ1) is 14.2. The van der Waals surface area contributed by atoms with Crippen LogP contribution < -0.4 is 5.32 Å². The fourth-order valence-electron chi connectivity index (χ4n) is 2.79. The Labute approximate surface area is 172 Å². The van der Waals surface area contributed by atoms with Crippen LogP contribution in [-0.2, 0) is 17.4 Å². The van der Waals surface area contributed by atoms with Crippen LogP contribution in [0.4, 0.5) is 30.2 Å². The van der Waals surface area contributed by atoms with E-state index < -0.39 is 17.6 Å². The van der Waals surface area contributed by atoms with E-state index in [1.165, 1.54) is 12.1 Å². The van der Waals surface area contributed by atoms with E-state index >= 15 is 0 Å². The Morgan fingerprint density at radius 3 is 2.30 bits per heavy atom. The van der Waals surface area contributed by atoms with Crippen molar-refractivity contribution in [3.8, 4) is 0 Å². The van der Waals surface area contributed by atoms with Gasteiger partial charge in [-0.15, -0.1) is 5.11 Å². The molecule has 0 fully saturated rings. The van der Waals surface area contributed by atoms with Gasteiger partial charge in [-0.3, -0.25) is 4.79 Å². The SMILES string of the molecule is Cc1ccc(N=Nc2cc(C)ccc2NC(=O)Cc2cccc(C(F)(F)F)c2)cc1. The lowest BCUT2D eigenvalue weighted by atomic mass is 10.1. The molecule has 0 aliphatic carbocycles.